The zero-order chi connectivity index (χ0) is 23.1. The summed E-state index contributed by atoms with van der Waals surface area (Å²) in [6, 6.07) is 7.39. The van der Waals surface area contributed by atoms with Gasteiger partial charge in [-0.05, 0) is 31.9 Å². The summed E-state index contributed by atoms with van der Waals surface area (Å²) >= 11 is 0. The number of hydrogen-bond acceptors (Lipinski definition) is 7. The summed E-state index contributed by atoms with van der Waals surface area (Å²) < 4.78 is 25.1. The number of benzene rings is 1. The fraction of sp³-hybridized carbons (Fsp3) is 0.400. The molecule has 0 bridgehead atoms. The third kappa shape index (κ3) is 3.99. The van der Waals surface area contributed by atoms with E-state index in [1.165, 1.54) is 0 Å². The van der Waals surface area contributed by atoms with Crippen LogP contribution in [0.3, 0.4) is 0 Å². The topological polar surface area (TPSA) is 76.3 Å². The van der Waals surface area contributed by atoms with E-state index in [-0.39, 0.29) is 11.9 Å². The number of rotatable bonds is 6. The van der Waals surface area contributed by atoms with Crippen molar-refractivity contribution in [1.82, 2.24) is 15.2 Å². The van der Waals surface area contributed by atoms with Crippen LogP contribution < -0.4 is 10.2 Å². The van der Waals surface area contributed by atoms with Crippen molar-refractivity contribution >= 4 is 33.4 Å². The largest absolute Gasteiger partial charge is 0.461 e. The molecule has 33 heavy (non-hydrogen) atoms. The molecule has 0 unspecified atom stereocenters. The minimum atomic E-state index is -0.363. The average Bonchev–Trinajstić information content (AvgIpc) is 3.40. The lowest BCUT2D eigenvalue weighted by Crippen LogP contribution is -2.28. The summed E-state index contributed by atoms with van der Waals surface area (Å²) in [4.78, 5) is 6.93. The van der Waals surface area contributed by atoms with Crippen LogP contribution in [0.5, 0.6) is 0 Å². The van der Waals surface area contributed by atoms with Crippen LogP contribution in [0.25, 0.3) is 21.9 Å². The molecule has 0 aliphatic carbocycles. The molecule has 3 aromatic heterocycles. The van der Waals surface area contributed by atoms with Crippen LogP contribution in [-0.4, -0.2) is 42.0 Å². The summed E-state index contributed by atoms with van der Waals surface area (Å²) in [6.45, 7) is 8.65. The molecule has 4 heterocycles. The zero-order valence-electron chi connectivity index (χ0n) is 19.3. The van der Waals surface area contributed by atoms with Crippen molar-refractivity contribution in [3.63, 3.8) is 0 Å². The summed E-state index contributed by atoms with van der Waals surface area (Å²) in [6.07, 6.45) is 3.03. The Balaban J connectivity index is 1.47. The Morgan fingerprint density at radius 3 is 2.88 bits per heavy atom. The SMILES string of the molecule is Cc1nnc(N[C@H](C)c2cccc3c(F)coc23)c2cc(N(C)C[C@@H]3COC[C@@H]3C)cnc12. The Kier molecular flexibility index (Phi) is 5.62. The molecule has 1 saturated heterocycles. The predicted octanol–water partition coefficient (Wildman–Crippen LogP) is 5.11. The second kappa shape index (κ2) is 8.59. The van der Waals surface area contributed by atoms with Crippen LogP contribution in [-0.2, 0) is 4.74 Å². The van der Waals surface area contributed by atoms with Crippen LogP contribution in [0.4, 0.5) is 15.9 Å². The first-order valence-electron chi connectivity index (χ1n) is 11.3. The molecule has 1 aliphatic heterocycles. The average molecular weight is 450 g/mol. The minimum Gasteiger partial charge on any atom is -0.461 e. The molecule has 1 N–H and O–H groups in total. The highest BCUT2D eigenvalue weighted by molar-refractivity contribution is 5.92. The molecule has 1 aliphatic rings. The van der Waals surface area contributed by atoms with Gasteiger partial charge in [-0.2, -0.15) is 5.10 Å². The number of anilines is 2. The van der Waals surface area contributed by atoms with Crippen molar-refractivity contribution in [3.05, 3.63) is 53.8 Å². The zero-order valence-corrected chi connectivity index (χ0v) is 19.3. The highest BCUT2D eigenvalue weighted by Gasteiger charge is 2.26. The maximum Gasteiger partial charge on any atom is 0.169 e. The fourth-order valence-electron chi connectivity index (χ4n) is 4.53. The van der Waals surface area contributed by atoms with E-state index in [0.717, 1.165) is 53.9 Å². The Labute approximate surface area is 192 Å². The summed E-state index contributed by atoms with van der Waals surface area (Å²) in [7, 11) is 2.08. The number of ether oxygens (including phenoxy) is 1. The third-order valence-corrected chi connectivity index (χ3v) is 6.64. The van der Waals surface area contributed by atoms with Gasteiger partial charge >= 0.3 is 0 Å². The molecule has 1 aromatic carbocycles. The molecule has 0 amide bonds. The van der Waals surface area contributed by atoms with Crippen molar-refractivity contribution in [1.29, 1.82) is 0 Å². The number of pyridine rings is 1. The van der Waals surface area contributed by atoms with Crippen LogP contribution in [0, 0.1) is 24.6 Å². The molecule has 1 fully saturated rings. The lowest BCUT2D eigenvalue weighted by Gasteiger charge is -2.25. The lowest BCUT2D eigenvalue weighted by molar-refractivity contribution is 0.182. The van der Waals surface area contributed by atoms with Gasteiger partial charge in [-0.25, -0.2) is 4.39 Å². The van der Waals surface area contributed by atoms with Gasteiger partial charge in [-0.1, -0.05) is 19.1 Å². The van der Waals surface area contributed by atoms with E-state index < -0.39 is 0 Å². The van der Waals surface area contributed by atoms with Gasteiger partial charge in [0.05, 0.1) is 41.1 Å². The standard InChI is InChI=1S/C25H28FN5O2/c1-14-11-32-12-17(14)10-31(4)18-8-21-23(27-9-18)16(3)29-30-25(21)28-15(2)19-6-5-7-20-22(26)13-33-24(19)20/h5-9,13-15,17H,10-12H2,1-4H3,(H,28,30)/t14-,15+,17+/m0/s1. The van der Waals surface area contributed by atoms with E-state index in [4.69, 9.17) is 14.1 Å². The first-order valence-corrected chi connectivity index (χ1v) is 11.3. The van der Waals surface area contributed by atoms with Gasteiger partial charge in [0.25, 0.3) is 0 Å². The molecule has 0 saturated carbocycles. The number of halogens is 1. The molecule has 0 spiro atoms. The normalized spacial score (nSPS) is 19.3. The van der Waals surface area contributed by atoms with Gasteiger partial charge in [-0.3, -0.25) is 4.98 Å². The van der Waals surface area contributed by atoms with Crippen molar-refractivity contribution in [2.24, 2.45) is 11.8 Å². The number of furan rings is 1. The molecule has 7 nitrogen and oxygen atoms in total. The van der Waals surface area contributed by atoms with Crippen molar-refractivity contribution in [3.8, 4) is 0 Å². The first-order chi connectivity index (χ1) is 15.9. The number of aromatic nitrogens is 3. The molecule has 172 valence electrons. The highest BCUT2D eigenvalue weighted by atomic mass is 19.1. The number of fused-ring (bicyclic) bond motifs is 2. The van der Waals surface area contributed by atoms with Gasteiger partial charge in [0.2, 0.25) is 0 Å². The van der Waals surface area contributed by atoms with Crippen LogP contribution in [0.15, 0.2) is 41.1 Å². The molecule has 8 heteroatoms. The van der Waals surface area contributed by atoms with Gasteiger partial charge in [0, 0.05) is 37.1 Å². The lowest BCUT2D eigenvalue weighted by atomic mass is 9.97. The smallest absolute Gasteiger partial charge is 0.169 e. The van der Waals surface area contributed by atoms with Crippen LogP contribution >= 0.6 is 0 Å². The van der Waals surface area contributed by atoms with Crippen molar-refractivity contribution in [2.45, 2.75) is 26.8 Å². The molecule has 0 radical (unpaired) electrons. The Morgan fingerprint density at radius 1 is 1.24 bits per heavy atom. The highest BCUT2D eigenvalue weighted by Crippen LogP contribution is 2.32. The van der Waals surface area contributed by atoms with Gasteiger partial charge in [-0.15, -0.1) is 5.10 Å². The first kappa shape index (κ1) is 21.6. The second-order valence-electron chi connectivity index (χ2n) is 9.05. The summed E-state index contributed by atoms with van der Waals surface area (Å²) in [5.74, 6) is 1.31. The second-order valence-corrected chi connectivity index (χ2v) is 9.05. The van der Waals surface area contributed by atoms with Crippen LogP contribution in [0.2, 0.25) is 0 Å². The molecular formula is C25H28FN5O2. The summed E-state index contributed by atoms with van der Waals surface area (Å²) in [5, 5.41) is 13.5. The Morgan fingerprint density at radius 2 is 2.09 bits per heavy atom. The number of aryl methyl sites for hydroxylation is 1. The van der Waals surface area contributed by atoms with Gasteiger partial charge in [0.15, 0.2) is 11.6 Å². The van der Waals surface area contributed by atoms with Gasteiger partial charge in [0.1, 0.15) is 11.8 Å². The molecule has 3 atom stereocenters. The fourth-order valence-corrected chi connectivity index (χ4v) is 4.53. The molecule has 5 rings (SSSR count). The number of nitrogens with zero attached hydrogens (tertiary/aromatic N) is 4. The summed E-state index contributed by atoms with van der Waals surface area (Å²) in [5.41, 5.74) is 3.97. The Bertz CT molecular complexity index is 1310. The van der Waals surface area contributed by atoms with E-state index in [0.29, 0.717) is 28.6 Å². The van der Waals surface area contributed by atoms with Gasteiger partial charge < -0.3 is 19.4 Å². The van der Waals surface area contributed by atoms with E-state index in [1.807, 2.05) is 32.2 Å². The number of nitrogens with one attached hydrogen (secondary N) is 1. The maximum absolute atomic E-state index is 14.0. The maximum atomic E-state index is 14.0. The van der Waals surface area contributed by atoms with Crippen molar-refractivity contribution < 1.29 is 13.5 Å². The third-order valence-electron chi connectivity index (χ3n) is 6.64. The Hall–Kier alpha value is -3.26. The number of hydrogen-bond donors (Lipinski definition) is 1. The monoisotopic (exact) mass is 449 g/mol. The minimum absolute atomic E-state index is 0.183. The quantitative estimate of drug-likeness (QED) is 0.438. The van der Waals surface area contributed by atoms with E-state index in [2.05, 4.69) is 40.5 Å². The molecule has 4 aromatic rings. The molecular weight excluding hydrogens is 421 g/mol. The van der Waals surface area contributed by atoms with Crippen LogP contribution in [0.1, 0.15) is 31.1 Å². The predicted molar refractivity (Wildman–Crippen MR) is 127 cm³/mol. The van der Waals surface area contributed by atoms with E-state index in [1.54, 1.807) is 6.07 Å². The van der Waals surface area contributed by atoms with Crippen molar-refractivity contribution in [2.75, 3.05) is 37.0 Å². The number of para-hydroxylation sites is 1. The van der Waals surface area contributed by atoms with E-state index in [9.17, 15) is 4.39 Å². The van der Waals surface area contributed by atoms with E-state index >= 15 is 0 Å².